The Morgan fingerprint density at radius 2 is 1.09 bits per heavy atom. The number of unbranched alkanes of at least 4 members (excludes halogenated alkanes) is 6. The van der Waals surface area contributed by atoms with Crippen molar-refractivity contribution in [3.05, 3.63) is 132 Å². The van der Waals surface area contributed by atoms with Gasteiger partial charge in [-0.25, -0.2) is 9.59 Å². The molecule has 0 saturated heterocycles. The van der Waals surface area contributed by atoms with Gasteiger partial charge in [0.2, 0.25) is 0 Å². The third kappa shape index (κ3) is 14.7. The van der Waals surface area contributed by atoms with Crippen LogP contribution in [0, 0.1) is 0 Å². The number of carbonyl (C=O) groups is 3. The number of ketones is 1. The molecule has 4 rings (SSSR count). The minimum absolute atomic E-state index is 0.113. The maximum Gasteiger partial charge on any atom is 0.343 e. The molecule has 0 aliphatic carbocycles. The first-order chi connectivity index (χ1) is 25.8. The second kappa shape index (κ2) is 22.2. The predicted octanol–water partition coefficient (Wildman–Crippen LogP) is 11.2. The van der Waals surface area contributed by atoms with Gasteiger partial charge in [-0.3, -0.25) is 4.79 Å². The van der Waals surface area contributed by atoms with Crippen LogP contribution in [0.15, 0.2) is 126 Å². The second-order valence-corrected chi connectivity index (χ2v) is 12.5. The van der Waals surface area contributed by atoms with E-state index in [0.717, 1.165) is 55.6 Å². The molecule has 0 bridgehead atoms. The van der Waals surface area contributed by atoms with Crippen LogP contribution in [0.2, 0.25) is 0 Å². The van der Waals surface area contributed by atoms with Crippen molar-refractivity contribution in [1.29, 1.82) is 0 Å². The molecule has 0 aliphatic rings. The lowest BCUT2D eigenvalue weighted by molar-refractivity contribution is -0.139. The van der Waals surface area contributed by atoms with Crippen molar-refractivity contribution in [2.75, 3.05) is 19.8 Å². The fourth-order valence-electron chi connectivity index (χ4n) is 4.94. The quantitative estimate of drug-likeness (QED) is 0.0199. The number of azo groups is 1. The average molecular weight is 717 g/mol. The number of rotatable bonds is 22. The van der Waals surface area contributed by atoms with Crippen LogP contribution in [0.3, 0.4) is 0 Å². The Kier molecular flexibility index (Phi) is 16.7. The maximum absolute atomic E-state index is 12.7. The Bertz CT molecular complexity index is 1810. The fourth-order valence-corrected chi connectivity index (χ4v) is 4.94. The van der Waals surface area contributed by atoms with Crippen LogP contribution < -0.4 is 14.2 Å². The number of hydrogen-bond donors (Lipinski definition) is 0. The van der Waals surface area contributed by atoms with Crippen molar-refractivity contribution in [3.8, 4) is 17.2 Å². The Hall–Kier alpha value is -5.83. The number of allylic oxidation sites excluding steroid dienone is 1. The largest absolute Gasteiger partial charge is 0.494 e. The van der Waals surface area contributed by atoms with Gasteiger partial charge in [0.25, 0.3) is 0 Å². The van der Waals surface area contributed by atoms with E-state index in [4.69, 9.17) is 18.9 Å². The first-order valence-electron chi connectivity index (χ1n) is 18.2. The first-order valence-corrected chi connectivity index (χ1v) is 18.2. The first kappa shape index (κ1) is 39.9. The van der Waals surface area contributed by atoms with E-state index in [1.807, 2.05) is 36.4 Å². The topological polar surface area (TPSA) is 113 Å². The van der Waals surface area contributed by atoms with Crippen molar-refractivity contribution >= 4 is 35.2 Å². The van der Waals surface area contributed by atoms with Gasteiger partial charge >= 0.3 is 11.9 Å². The average Bonchev–Trinajstić information content (AvgIpc) is 3.18. The van der Waals surface area contributed by atoms with Gasteiger partial charge in [0.1, 0.15) is 17.2 Å². The lowest BCUT2D eigenvalue weighted by Crippen LogP contribution is -2.07. The summed E-state index contributed by atoms with van der Waals surface area (Å²) in [5.41, 5.74) is 3.42. The van der Waals surface area contributed by atoms with Gasteiger partial charge in [-0.05, 0) is 136 Å². The van der Waals surface area contributed by atoms with Gasteiger partial charge in [0, 0.05) is 11.1 Å². The number of esters is 2. The standard InChI is InChI=1S/C44H48N2O7/c1-4-5-6-9-30-50-39-25-17-35(18-26-39)42(47)29-14-34-12-23-41(24-13-34)53-44(49)36-15-19-37(20-16-36)45-46-38-21-27-40(28-22-38)51-31-10-7-8-11-32-52-43(48)33(2)3/h12-29H,2,4-11,30-32H2,1,3H3/b29-14+,46-45+. The molecule has 0 aromatic heterocycles. The molecule has 0 radical (unpaired) electrons. The number of hydrogen-bond acceptors (Lipinski definition) is 9. The summed E-state index contributed by atoms with van der Waals surface area (Å²) in [6, 6.07) is 28.1. The van der Waals surface area contributed by atoms with Crippen molar-refractivity contribution in [1.82, 2.24) is 0 Å². The Balaban J connectivity index is 1.15. The van der Waals surface area contributed by atoms with Gasteiger partial charge in [0.05, 0.1) is 36.8 Å². The molecule has 0 unspecified atom stereocenters. The summed E-state index contributed by atoms with van der Waals surface area (Å²) in [7, 11) is 0. The zero-order chi connectivity index (χ0) is 37.7. The van der Waals surface area contributed by atoms with Crippen LogP contribution in [-0.4, -0.2) is 37.5 Å². The summed E-state index contributed by atoms with van der Waals surface area (Å²) in [6.07, 6.45) is 11.5. The molecule has 4 aromatic carbocycles. The Labute approximate surface area is 312 Å². The summed E-state index contributed by atoms with van der Waals surface area (Å²) >= 11 is 0. The van der Waals surface area contributed by atoms with Crippen LogP contribution in [0.5, 0.6) is 17.2 Å². The van der Waals surface area contributed by atoms with E-state index in [2.05, 4.69) is 23.7 Å². The minimum atomic E-state index is -0.500. The second-order valence-electron chi connectivity index (χ2n) is 12.5. The van der Waals surface area contributed by atoms with Crippen LogP contribution in [0.25, 0.3) is 6.08 Å². The molecular weight excluding hydrogens is 668 g/mol. The molecule has 9 nitrogen and oxygen atoms in total. The molecule has 0 fully saturated rings. The number of ether oxygens (including phenoxy) is 4. The van der Waals surface area contributed by atoms with Gasteiger partial charge in [-0.15, -0.1) is 0 Å². The maximum atomic E-state index is 12.7. The summed E-state index contributed by atoms with van der Waals surface area (Å²) in [5, 5.41) is 8.54. The summed E-state index contributed by atoms with van der Waals surface area (Å²) in [6.45, 7) is 9.07. The molecule has 0 amide bonds. The molecule has 53 heavy (non-hydrogen) atoms. The highest BCUT2D eigenvalue weighted by atomic mass is 16.5. The van der Waals surface area contributed by atoms with E-state index in [1.165, 1.54) is 18.9 Å². The van der Waals surface area contributed by atoms with Gasteiger partial charge in [-0.1, -0.05) is 51.0 Å². The molecule has 0 aliphatic heterocycles. The molecule has 4 aromatic rings. The SMILES string of the molecule is C=C(C)C(=O)OCCCCCCOc1ccc(/N=N/c2ccc(C(=O)Oc3ccc(/C=C/C(=O)c4ccc(OCCCCCC)cc4)cc3)cc2)cc1. The fraction of sp³-hybridized carbons (Fsp3) is 0.295. The number of carbonyl (C=O) groups excluding carboxylic acids is 3. The van der Waals surface area contributed by atoms with E-state index in [9.17, 15) is 14.4 Å². The van der Waals surface area contributed by atoms with E-state index in [0.29, 0.717) is 53.6 Å². The van der Waals surface area contributed by atoms with Crippen LogP contribution in [0.4, 0.5) is 11.4 Å². The summed E-state index contributed by atoms with van der Waals surface area (Å²) in [5.74, 6) is 0.943. The number of nitrogens with zero attached hydrogens (tertiary/aromatic N) is 2. The molecule has 0 atom stereocenters. The zero-order valence-electron chi connectivity index (χ0n) is 30.6. The lowest BCUT2D eigenvalue weighted by atomic mass is 10.1. The zero-order valence-corrected chi connectivity index (χ0v) is 30.6. The van der Waals surface area contributed by atoms with Crippen LogP contribution >= 0.6 is 0 Å². The molecule has 0 spiro atoms. The molecule has 9 heteroatoms. The van der Waals surface area contributed by atoms with Gasteiger partial charge < -0.3 is 18.9 Å². The molecule has 0 saturated carbocycles. The van der Waals surface area contributed by atoms with Crippen molar-refractivity contribution < 1.29 is 33.3 Å². The Morgan fingerprint density at radius 3 is 1.66 bits per heavy atom. The van der Waals surface area contributed by atoms with E-state index >= 15 is 0 Å². The van der Waals surface area contributed by atoms with E-state index in [1.54, 1.807) is 73.7 Å². The summed E-state index contributed by atoms with van der Waals surface area (Å²) < 4.78 is 22.2. The van der Waals surface area contributed by atoms with Crippen LogP contribution in [0.1, 0.15) is 91.5 Å². The lowest BCUT2D eigenvalue weighted by Gasteiger charge is -2.07. The highest BCUT2D eigenvalue weighted by Crippen LogP contribution is 2.23. The highest BCUT2D eigenvalue weighted by Gasteiger charge is 2.09. The smallest absolute Gasteiger partial charge is 0.343 e. The van der Waals surface area contributed by atoms with Gasteiger partial charge in [-0.2, -0.15) is 10.2 Å². The van der Waals surface area contributed by atoms with Crippen molar-refractivity contribution in [2.45, 2.75) is 65.2 Å². The minimum Gasteiger partial charge on any atom is -0.494 e. The number of benzene rings is 4. The van der Waals surface area contributed by atoms with Gasteiger partial charge in [0.15, 0.2) is 5.78 Å². The summed E-state index contributed by atoms with van der Waals surface area (Å²) in [4.78, 5) is 36.8. The predicted molar refractivity (Wildman–Crippen MR) is 208 cm³/mol. The Morgan fingerprint density at radius 1 is 0.604 bits per heavy atom. The van der Waals surface area contributed by atoms with E-state index < -0.39 is 5.97 Å². The third-order valence-corrected chi connectivity index (χ3v) is 8.03. The third-order valence-electron chi connectivity index (χ3n) is 8.03. The molecule has 0 N–H and O–H groups in total. The molecule has 0 heterocycles. The van der Waals surface area contributed by atoms with E-state index in [-0.39, 0.29) is 11.8 Å². The highest BCUT2D eigenvalue weighted by molar-refractivity contribution is 6.06. The normalized spacial score (nSPS) is 11.1. The van der Waals surface area contributed by atoms with Crippen LogP contribution in [-0.2, 0) is 9.53 Å². The monoisotopic (exact) mass is 716 g/mol. The molecular formula is C44H48N2O7. The van der Waals surface area contributed by atoms with Crippen molar-refractivity contribution in [2.24, 2.45) is 10.2 Å². The molecule has 276 valence electrons. The van der Waals surface area contributed by atoms with Crippen molar-refractivity contribution in [3.63, 3.8) is 0 Å².